The number of benzene rings is 6. The largest absolute Gasteiger partial charge is 0.228 e. The molecule has 0 aliphatic carbocycles. The molecule has 41 heavy (non-hydrogen) atoms. The third-order valence-corrected chi connectivity index (χ3v) is 7.70. The molecule has 0 aliphatic rings. The molecule has 0 aliphatic heterocycles. The summed E-state index contributed by atoms with van der Waals surface area (Å²) in [5.41, 5.74) is 9.14. The minimum Gasteiger partial charge on any atom is -0.228 e. The highest BCUT2D eigenvalue weighted by molar-refractivity contribution is 6.33. The third kappa shape index (κ3) is 4.91. The highest BCUT2D eigenvalue weighted by Crippen LogP contribution is 2.39. The zero-order valence-electron chi connectivity index (χ0n) is 22.2. The van der Waals surface area contributed by atoms with Crippen LogP contribution in [0.25, 0.3) is 66.9 Å². The van der Waals surface area contributed by atoms with Crippen molar-refractivity contribution in [1.29, 1.82) is 0 Å². The van der Waals surface area contributed by atoms with Crippen LogP contribution in [0.15, 0.2) is 152 Å². The van der Waals surface area contributed by atoms with E-state index in [1.54, 1.807) is 0 Å². The van der Waals surface area contributed by atoms with E-state index >= 15 is 0 Å². The van der Waals surface area contributed by atoms with Crippen molar-refractivity contribution in [3.63, 3.8) is 0 Å². The molecule has 7 rings (SSSR count). The second-order valence-electron chi connectivity index (χ2n) is 9.96. The highest BCUT2D eigenvalue weighted by atomic mass is 35.5. The van der Waals surface area contributed by atoms with E-state index in [0.717, 1.165) is 66.1 Å². The molecule has 194 valence electrons. The molecule has 0 amide bonds. The van der Waals surface area contributed by atoms with Crippen LogP contribution < -0.4 is 0 Å². The zero-order valence-corrected chi connectivity index (χ0v) is 23.0. The van der Waals surface area contributed by atoms with Crippen molar-refractivity contribution in [2.45, 2.75) is 0 Å². The number of fused-ring (bicyclic) bond motifs is 1. The maximum absolute atomic E-state index is 6.72. The topological polar surface area (TPSA) is 25.8 Å². The Balaban J connectivity index is 1.49. The van der Waals surface area contributed by atoms with Crippen LogP contribution in [0.2, 0.25) is 5.02 Å². The van der Waals surface area contributed by atoms with Crippen molar-refractivity contribution >= 4 is 22.4 Å². The van der Waals surface area contributed by atoms with Crippen molar-refractivity contribution in [1.82, 2.24) is 9.97 Å². The number of aromatic nitrogens is 2. The Hall–Kier alpha value is -5.05. The Morgan fingerprint density at radius 3 is 1.73 bits per heavy atom. The van der Waals surface area contributed by atoms with Crippen molar-refractivity contribution in [2.75, 3.05) is 0 Å². The Morgan fingerprint density at radius 2 is 0.976 bits per heavy atom. The van der Waals surface area contributed by atoms with Crippen LogP contribution in [0.3, 0.4) is 0 Å². The zero-order chi connectivity index (χ0) is 27.6. The lowest BCUT2D eigenvalue weighted by atomic mass is 9.93. The fraction of sp³-hybridized carbons (Fsp3) is 0. The Bertz CT molecular complexity index is 2000. The van der Waals surface area contributed by atoms with Gasteiger partial charge in [0.1, 0.15) is 0 Å². The van der Waals surface area contributed by atoms with Crippen molar-refractivity contribution in [3.05, 3.63) is 157 Å². The molecule has 6 aromatic carbocycles. The molecule has 0 spiro atoms. The first-order valence-corrected chi connectivity index (χ1v) is 14.0. The van der Waals surface area contributed by atoms with Crippen LogP contribution in [0.5, 0.6) is 0 Å². The molecule has 0 bridgehead atoms. The van der Waals surface area contributed by atoms with Gasteiger partial charge < -0.3 is 0 Å². The number of hydrogen-bond donors (Lipinski definition) is 0. The van der Waals surface area contributed by atoms with Gasteiger partial charge in [0.15, 0.2) is 5.82 Å². The molecular weight excluding hydrogens is 520 g/mol. The van der Waals surface area contributed by atoms with E-state index in [1.165, 1.54) is 0 Å². The Morgan fingerprint density at radius 1 is 0.390 bits per heavy atom. The van der Waals surface area contributed by atoms with E-state index < -0.39 is 0 Å². The lowest BCUT2D eigenvalue weighted by Crippen LogP contribution is -1.97. The monoisotopic (exact) mass is 544 g/mol. The molecule has 1 heterocycles. The average Bonchev–Trinajstić information content (AvgIpc) is 3.05. The van der Waals surface area contributed by atoms with E-state index in [9.17, 15) is 0 Å². The van der Waals surface area contributed by atoms with Gasteiger partial charge in [-0.15, -0.1) is 0 Å². The lowest BCUT2D eigenvalue weighted by Gasteiger charge is -2.15. The molecule has 3 heteroatoms. The van der Waals surface area contributed by atoms with Gasteiger partial charge in [0.05, 0.1) is 11.4 Å². The summed E-state index contributed by atoms with van der Waals surface area (Å²) >= 11 is 6.72. The van der Waals surface area contributed by atoms with E-state index in [-0.39, 0.29) is 0 Å². The summed E-state index contributed by atoms with van der Waals surface area (Å²) in [4.78, 5) is 10.2. The van der Waals surface area contributed by atoms with Gasteiger partial charge in [-0.1, -0.05) is 139 Å². The lowest BCUT2D eigenvalue weighted by molar-refractivity contribution is 1.18. The van der Waals surface area contributed by atoms with Crippen LogP contribution in [-0.2, 0) is 0 Å². The van der Waals surface area contributed by atoms with Crippen LogP contribution in [0, 0.1) is 0 Å². The minimum absolute atomic E-state index is 0.688. The number of nitrogens with zero attached hydrogens (tertiary/aromatic N) is 2. The van der Waals surface area contributed by atoms with E-state index in [4.69, 9.17) is 21.6 Å². The fourth-order valence-corrected chi connectivity index (χ4v) is 5.62. The molecular formula is C38H25ClN2. The van der Waals surface area contributed by atoms with Crippen molar-refractivity contribution in [3.8, 4) is 56.2 Å². The maximum atomic E-state index is 6.72. The smallest absolute Gasteiger partial charge is 0.160 e. The van der Waals surface area contributed by atoms with Gasteiger partial charge in [-0.2, -0.15) is 0 Å². The molecule has 0 N–H and O–H groups in total. The summed E-state index contributed by atoms with van der Waals surface area (Å²) in [7, 11) is 0. The van der Waals surface area contributed by atoms with Crippen LogP contribution in [0.4, 0.5) is 0 Å². The maximum Gasteiger partial charge on any atom is 0.160 e. The summed E-state index contributed by atoms with van der Waals surface area (Å²) in [6.07, 6.45) is 0. The second-order valence-corrected chi connectivity index (χ2v) is 10.4. The molecule has 1 aromatic heterocycles. The molecule has 0 fully saturated rings. The normalized spacial score (nSPS) is 11.0. The average molecular weight is 545 g/mol. The van der Waals surface area contributed by atoms with Crippen molar-refractivity contribution in [2.24, 2.45) is 0 Å². The second kappa shape index (κ2) is 10.8. The van der Waals surface area contributed by atoms with E-state index in [0.29, 0.717) is 5.82 Å². The van der Waals surface area contributed by atoms with E-state index in [1.807, 2.05) is 42.5 Å². The standard InChI is InChI=1S/C38H25ClN2/c39-35-22-12-11-20-32(35)34-24-29(23-28-17-7-8-19-31(28)34)36-25-37(41-38(40-36)27-15-5-2-6-16-27)33-21-10-9-18-30(33)26-13-3-1-4-14-26/h1-25H. The predicted molar refractivity (Wildman–Crippen MR) is 172 cm³/mol. The van der Waals surface area contributed by atoms with Gasteiger partial charge in [-0.25, -0.2) is 9.97 Å². The minimum atomic E-state index is 0.688. The number of hydrogen-bond acceptors (Lipinski definition) is 2. The van der Waals surface area contributed by atoms with Gasteiger partial charge in [-0.05, 0) is 51.7 Å². The predicted octanol–water partition coefficient (Wildman–Crippen LogP) is 10.6. The molecule has 0 radical (unpaired) electrons. The van der Waals surface area contributed by atoms with Gasteiger partial charge in [0, 0.05) is 27.3 Å². The summed E-state index contributed by atoms with van der Waals surface area (Å²) in [6.45, 7) is 0. The molecule has 0 atom stereocenters. The molecule has 0 unspecified atom stereocenters. The molecule has 2 nitrogen and oxygen atoms in total. The first kappa shape index (κ1) is 25.0. The van der Waals surface area contributed by atoms with Crippen LogP contribution in [0.1, 0.15) is 0 Å². The van der Waals surface area contributed by atoms with Gasteiger partial charge in [0.2, 0.25) is 0 Å². The Kier molecular flexibility index (Phi) is 6.60. The fourth-order valence-electron chi connectivity index (χ4n) is 5.39. The van der Waals surface area contributed by atoms with Crippen molar-refractivity contribution < 1.29 is 0 Å². The van der Waals surface area contributed by atoms with Gasteiger partial charge >= 0.3 is 0 Å². The number of rotatable bonds is 5. The summed E-state index contributed by atoms with van der Waals surface area (Å²) in [5, 5.41) is 3.00. The van der Waals surface area contributed by atoms with Gasteiger partial charge in [0.25, 0.3) is 0 Å². The molecule has 0 saturated heterocycles. The molecule has 7 aromatic rings. The summed E-state index contributed by atoms with van der Waals surface area (Å²) in [6, 6.07) is 52.0. The van der Waals surface area contributed by atoms with Crippen LogP contribution >= 0.6 is 11.6 Å². The first-order valence-electron chi connectivity index (χ1n) is 13.6. The summed E-state index contributed by atoms with van der Waals surface area (Å²) in [5.74, 6) is 0.688. The first-order chi connectivity index (χ1) is 20.2. The Labute approximate surface area is 244 Å². The number of halogens is 1. The quantitative estimate of drug-likeness (QED) is 0.215. The third-order valence-electron chi connectivity index (χ3n) is 7.37. The summed E-state index contributed by atoms with van der Waals surface area (Å²) < 4.78 is 0. The van der Waals surface area contributed by atoms with E-state index in [2.05, 4.69) is 109 Å². The molecule has 0 saturated carbocycles. The highest BCUT2D eigenvalue weighted by Gasteiger charge is 2.16. The van der Waals surface area contributed by atoms with Crippen LogP contribution in [-0.4, -0.2) is 9.97 Å². The SMILES string of the molecule is Clc1ccccc1-c1cc(-c2cc(-c3ccccc3-c3ccccc3)nc(-c3ccccc3)n2)cc2ccccc12. The van der Waals surface area contributed by atoms with Gasteiger partial charge in [-0.3, -0.25) is 0 Å².